The third-order valence-electron chi connectivity index (χ3n) is 1.88. The van der Waals surface area contributed by atoms with Gasteiger partial charge in [0.1, 0.15) is 5.75 Å². The van der Waals surface area contributed by atoms with Crippen LogP contribution in [0.1, 0.15) is 15.9 Å². The van der Waals surface area contributed by atoms with E-state index in [1.807, 2.05) is 0 Å². The highest BCUT2D eigenvalue weighted by Crippen LogP contribution is 2.40. The molecule has 3 N–H and O–H groups in total. The number of ketones is 1. The number of carbonyl (C=O) groups is 1. The van der Waals surface area contributed by atoms with E-state index >= 15 is 0 Å². The number of carbonyl (C=O) groups excluding carboxylic acids is 1. The molecule has 1 aromatic carbocycles. The van der Waals surface area contributed by atoms with Gasteiger partial charge in [-0.2, -0.15) is 13.2 Å². The number of halogens is 4. The summed E-state index contributed by atoms with van der Waals surface area (Å²) in [4.78, 5) is 11.1. The predicted molar refractivity (Wildman–Crippen MR) is 51.5 cm³/mol. The van der Waals surface area contributed by atoms with Crippen LogP contribution in [0.3, 0.4) is 0 Å². The van der Waals surface area contributed by atoms with Gasteiger partial charge in [-0.15, -0.1) is 0 Å². The second kappa shape index (κ2) is 4.31. The molecule has 3 nitrogen and oxygen atoms in total. The molecule has 0 heterocycles. The van der Waals surface area contributed by atoms with Gasteiger partial charge in [0.25, 0.3) is 0 Å². The number of phenolic OH excluding ortho intramolecular Hbond substituents is 1. The third-order valence-corrected chi connectivity index (χ3v) is 2.16. The molecule has 0 amide bonds. The van der Waals surface area contributed by atoms with Gasteiger partial charge in [-0.3, -0.25) is 4.79 Å². The molecule has 0 saturated heterocycles. The van der Waals surface area contributed by atoms with Gasteiger partial charge in [0.2, 0.25) is 0 Å². The van der Waals surface area contributed by atoms with Crippen LogP contribution in [0.2, 0.25) is 5.02 Å². The Balaban J connectivity index is 3.39. The predicted octanol–water partition coefficient (Wildman–Crippen LogP) is 2.21. The lowest BCUT2D eigenvalue weighted by Crippen LogP contribution is -2.15. The van der Waals surface area contributed by atoms with Crippen molar-refractivity contribution in [3.63, 3.8) is 0 Å². The van der Waals surface area contributed by atoms with Crippen molar-refractivity contribution in [2.45, 2.75) is 6.18 Å². The molecule has 0 aliphatic carbocycles. The Kier molecular flexibility index (Phi) is 3.44. The highest BCUT2D eigenvalue weighted by atomic mass is 35.5. The van der Waals surface area contributed by atoms with Gasteiger partial charge in [-0.05, 0) is 12.1 Å². The first-order valence-electron chi connectivity index (χ1n) is 4.10. The standard InChI is InChI=1S/C9H7ClF3NO2/c10-6-2-4(7(15)3-14)1-5(8(6)16)9(11,12)13/h1-2,16H,3,14H2. The number of hydrogen-bond acceptors (Lipinski definition) is 3. The second-order valence-corrected chi connectivity index (χ2v) is 3.39. The first-order valence-corrected chi connectivity index (χ1v) is 4.48. The molecular weight excluding hydrogens is 247 g/mol. The minimum absolute atomic E-state index is 0.280. The SMILES string of the molecule is NCC(=O)c1cc(Cl)c(O)c(C(F)(F)F)c1. The van der Waals surface area contributed by atoms with E-state index < -0.39 is 34.8 Å². The number of hydrogen-bond donors (Lipinski definition) is 2. The van der Waals surface area contributed by atoms with Crippen molar-refractivity contribution in [2.75, 3.05) is 6.54 Å². The smallest absolute Gasteiger partial charge is 0.420 e. The Labute approximate surface area is 93.6 Å². The summed E-state index contributed by atoms with van der Waals surface area (Å²) in [6, 6.07) is 1.47. The van der Waals surface area contributed by atoms with Crippen molar-refractivity contribution in [3.05, 3.63) is 28.3 Å². The monoisotopic (exact) mass is 253 g/mol. The number of nitrogens with two attached hydrogens (primary N) is 1. The minimum atomic E-state index is -4.78. The number of Topliss-reactive ketones (excluding diaryl/α,β-unsaturated/α-hetero) is 1. The highest BCUT2D eigenvalue weighted by Gasteiger charge is 2.35. The van der Waals surface area contributed by atoms with Gasteiger partial charge in [0.05, 0.1) is 17.1 Å². The van der Waals surface area contributed by atoms with E-state index in [1.54, 1.807) is 0 Å². The van der Waals surface area contributed by atoms with Gasteiger partial charge >= 0.3 is 6.18 Å². The van der Waals surface area contributed by atoms with E-state index in [-0.39, 0.29) is 5.56 Å². The molecule has 0 spiro atoms. The summed E-state index contributed by atoms with van der Waals surface area (Å²) in [6.45, 7) is -0.432. The summed E-state index contributed by atoms with van der Waals surface area (Å²) < 4.78 is 37.2. The lowest BCUT2D eigenvalue weighted by molar-refractivity contribution is -0.138. The fraction of sp³-hybridized carbons (Fsp3) is 0.222. The summed E-state index contributed by atoms with van der Waals surface area (Å²) in [5.41, 5.74) is 3.38. The quantitative estimate of drug-likeness (QED) is 0.795. The molecule has 0 aliphatic rings. The molecule has 1 rings (SSSR count). The molecule has 0 bridgehead atoms. The largest absolute Gasteiger partial charge is 0.506 e. The van der Waals surface area contributed by atoms with Crippen molar-refractivity contribution in [2.24, 2.45) is 5.73 Å². The Bertz CT molecular complexity index is 431. The fourth-order valence-corrected chi connectivity index (χ4v) is 1.31. The number of rotatable bonds is 2. The van der Waals surface area contributed by atoms with Crippen LogP contribution in [0.5, 0.6) is 5.75 Å². The topological polar surface area (TPSA) is 63.3 Å². The molecule has 0 atom stereocenters. The molecule has 0 radical (unpaired) electrons. The number of alkyl halides is 3. The van der Waals surface area contributed by atoms with E-state index in [0.717, 1.165) is 6.07 Å². The maximum absolute atomic E-state index is 12.4. The van der Waals surface area contributed by atoms with Crippen LogP contribution in [-0.2, 0) is 6.18 Å². The zero-order valence-electron chi connectivity index (χ0n) is 7.81. The van der Waals surface area contributed by atoms with Crippen LogP contribution in [0.15, 0.2) is 12.1 Å². The Morgan fingerprint density at radius 2 is 2.00 bits per heavy atom. The maximum Gasteiger partial charge on any atom is 0.420 e. The lowest BCUT2D eigenvalue weighted by atomic mass is 10.1. The minimum Gasteiger partial charge on any atom is -0.506 e. The average molecular weight is 254 g/mol. The van der Waals surface area contributed by atoms with Crippen LogP contribution < -0.4 is 5.73 Å². The van der Waals surface area contributed by atoms with Crippen LogP contribution in [0.4, 0.5) is 13.2 Å². The molecule has 1 aromatic rings. The highest BCUT2D eigenvalue weighted by molar-refractivity contribution is 6.32. The number of aromatic hydroxyl groups is 1. The van der Waals surface area contributed by atoms with Gasteiger partial charge in [-0.1, -0.05) is 11.6 Å². The van der Waals surface area contributed by atoms with Crippen LogP contribution >= 0.6 is 11.6 Å². The van der Waals surface area contributed by atoms with Crippen LogP contribution in [0.25, 0.3) is 0 Å². The molecule has 88 valence electrons. The molecule has 0 fully saturated rings. The summed E-state index contributed by atoms with van der Waals surface area (Å²) in [6.07, 6.45) is -4.78. The van der Waals surface area contributed by atoms with E-state index in [0.29, 0.717) is 6.07 Å². The third kappa shape index (κ3) is 2.45. The normalized spacial score (nSPS) is 11.6. The average Bonchev–Trinajstić information content (AvgIpc) is 2.18. The Morgan fingerprint density at radius 3 is 2.44 bits per heavy atom. The molecular formula is C9H7ClF3NO2. The van der Waals surface area contributed by atoms with Gasteiger partial charge in [0, 0.05) is 5.56 Å². The van der Waals surface area contributed by atoms with E-state index in [2.05, 4.69) is 0 Å². The summed E-state index contributed by atoms with van der Waals surface area (Å²) in [5.74, 6) is -1.78. The second-order valence-electron chi connectivity index (χ2n) is 2.98. The first kappa shape index (κ1) is 12.8. The molecule has 7 heteroatoms. The van der Waals surface area contributed by atoms with Gasteiger partial charge in [0.15, 0.2) is 5.78 Å². The van der Waals surface area contributed by atoms with Crippen molar-refractivity contribution in [1.82, 2.24) is 0 Å². The summed E-state index contributed by atoms with van der Waals surface area (Å²) >= 11 is 5.38. The Hall–Kier alpha value is -1.27. The summed E-state index contributed by atoms with van der Waals surface area (Å²) in [5, 5.41) is 8.58. The van der Waals surface area contributed by atoms with E-state index in [1.165, 1.54) is 0 Å². The fourth-order valence-electron chi connectivity index (χ4n) is 1.09. The number of benzene rings is 1. The van der Waals surface area contributed by atoms with Crippen molar-refractivity contribution >= 4 is 17.4 Å². The van der Waals surface area contributed by atoms with Gasteiger partial charge in [-0.25, -0.2) is 0 Å². The zero-order valence-corrected chi connectivity index (χ0v) is 8.56. The maximum atomic E-state index is 12.4. The van der Waals surface area contributed by atoms with E-state index in [9.17, 15) is 18.0 Å². The Morgan fingerprint density at radius 1 is 1.44 bits per heavy atom. The van der Waals surface area contributed by atoms with Crippen LogP contribution in [-0.4, -0.2) is 17.4 Å². The number of phenols is 1. The van der Waals surface area contributed by atoms with Crippen LogP contribution in [0, 0.1) is 0 Å². The molecule has 0 unspecified atom stereocenters. The van der Waals surface area contributed by atoms with Crippen molar-refractivity contribution in [3.8, 4) is 5.75 Å². The molecule has 0 aliphatic heterocycles. The van der Waals surface area contributed by atoms with Crippen molar-refractivity contribution in [1.29, 1.82) is 0 Å². The van der Waals surface area contributed by atoms with Crippen molar-refractivity contribution < 1.29 is 23.1 Å². The van der Waals surface area contributed by atoms with E-state index in [4.69, 9.17) is 22.4 Å². The zero-order chi connectivity index (χ0) is 12.5. The lowest BCUT2D eigenvalue weighted by Gasteiger charge is -2.11. The molecule has 0 aromatic heterocycles. The summed E-state index contributed by atoms with van der Waals surface area (Å²) in [7, 11) is 0. The van der Waals surface area contributed by atoms with Gasteiger partial charge < -0.3 is 10.8 Å². The molecule has 0 saturated carbocycles. The first-order chi connectivity index (χ1) is 7.27. The molecule has 16 heavy (non-hydrogen) atoms.